The standard InChI is InChI=1S/C16H24FN/c1-13(15-8-5-9-16(17)12-15)18-11-10-14-6-3-2-4-7-14/h5,8-9,12-14,18H,2-4,6-7,10-11H2,1H3/t13-/m1/s1. The maximum atomic E-state index is 13.1. The van der Waals surface area contributed by atoms with Crippen LogP contribution in [0.15, 0.2) is 24.3 Å². The Morgan fingerprint density at radius 3 is 2.78 bits per heavy atom. The van der Waals surface area contributed by atoms with E-state index in [9.17, 15) is 4.39 Å². The summed E-state index contributed by atoms with van der Waals surface area (Å²) in [7, 11) is 0. The third-order valence-electron chi connectivity index (χ3n) is 4.08. The van der Waals surface area contributed by atoms with Crippen molar-refractivity contribution in [1.29, 1.82) is 0 Å². The van der Waals surface area contributed by atoms with Gasteiger partial charge in [0.25, 0.3) is 0 Å². The van der Waals surface area contributed by atoms with Gasteiger partial charge in [0.05, 0.1) is 0 Å². The van der Waals surface area contributed by atoms with E-state index in [1.54, 1.807) is 12.1 Å². The molecular formula is C16H24FN. The lowest BCUT2D eigenvalue weighted by Crippen LogP contribution is -2.22. The van der Waals surface area contributed by atoms with E-state index in [-0.39, 0.29) is 11.9 Å². The minimum atomic E-state index is -0.145. The Morgan fingerprint density at radius 1 is 1.28 bits per heavy atom. The molecule has 1 aromatic carbocycles. The average molecular weight is 249 g/mol. The highest BCUT2D eigenvalue weighted by molar-refractivity contribution is 5.19. The zero-order chi connectivity index (χ0) is 12.8. The highest BCUT2D eigenvalue weighted by atomic mass is 19.1. The molecule has 0 amide bonds. The van der Waals surface area contributed by atoms with Crippen molar-refractivity contribution >= 4 is 0 Å². The molecule has 1 aliphatic carbocycles. The fourth-order valence-electron chi connectivity index (χ4n) is 2.87. The molecule has 100 valence electrons. The van der Waals surface area contributed by atoms with Gasteiger partial charge in [0.2, 0.25) is 0 Å². The molecule has 0 bridgehead atoms. The quantitative estimate of drug-likeness (QED) is 0.813. The Hall–Kier alpha value is -0.890. The smallest absolute Gasteiger partial charge is 0.123 e. The van der Waals surface area contributed by atoms with Crippen LogP contribution < -0.4 is 5.32 Å². The third-order valence-corrected chi connectivity index (χ3v) is 4.08. The summed E-state index contributed by atoms with van der Waals surface area (Å²) in [6.45, 7) is 3.15. The van der Waals surface area contributed by atoms with Crippen molar-refractivity contribution in [3.8, 4) is 0 Å². The van der Waals surface area contributed by atoms with Crippen LogP contribution in [0.3, 0.4) is 0 Å². The normalized spacial score (nSPS) is 18.8. The minimum Gasteiger partial charge on any atom is -0.310 e. The van der Waals surface area contributed by atoms with Crippen LogP contribution in [0.25, 0.3) is 0 Å². The fraction of sp³-hybridized carbons (Fsp3) is 0.625. The van der Waals surface area contributed by atoms with E-state index >= 15 is 0 Å². The number of halogens is 1. The Morgan fingerprint density at radius 2 is 2.06 bits per heavy atom. The second-order valence-corrected chi connectivity index (χ2v) is 5.52. The number of benzene rings is 1. The van der Waals surface area contributed by atoms with Crippen molar-refractivity contribution in [1.82, 2.24) is 5.32 Å². The minimum absolute atomic E-state index is 0.145. The molecule has 0 saturated heterocycles. The van der Waals surface area contributed by atoms with Gasteiger partial charge in [-0.3, -0.25) is 0 Å². The number of nitrogens with one attached hydrogen (secondary N) is 1. The highest BCUT2D eigenvalue weighted by Gasteiger charge is 2.13. The van der Waals surface area contributed by atoms with Crippen LogP contribution in [-0.2, 0) is 0 Å². The molecule has 2 rings (SSSR count). The zero-order valence-corrected chi connectivity index (χ0v) is 11.3. The Labute approximate surface area is 110 Å². The van der Waals surface area contributed by atoms with Gasteiger partial charge in [-0.2, -0.15) is 0 Å². The predicted molar refractivity (Wildman–Crippen MR) is 74.0 cm³/mol. The van der Waals surface area contributed by atoms with Crippen LogP contribution in [-0.4, -0.2) is 6.54 Å². The number of hydrogen-bond acceptors (Lipinski definition) is 1. The largest absolute Gasteiger partial charge is 0.310 e. The Kier molecular flexibility index (Phi) is 5.18. The molecule has 0 aliphatic heterocycles. The van der Waals surface area contributed by atoms with E-state index in [2.05, 4.69) is 12.2 Å². The second kappa shape index (κ2) is 6.89. The molecule has 1 saturated carbocycles. The van der Waals surface area contributed by atoms with Crippen molar-refractivity contribution < 1.29 is 4.39 Å². The lowest BCUT2D eigenvalue weighted by molar-refractivity contribution is 0.329. The van der Waals surface area contributed by atoms with Crippen LogP contribution >= 0.6 is 0 Å². The van der Waals surface area contributed by atoms with Gasteiger partial charge in [-0.15, -0.1) is 0 Å². The van der Waals surface area contributed by atoms with E-state index < -0.39 is 0 Å². The van der Waals surface area contributed by atoms with Gasteiger partial charge < -0.3 is 5.32 Å². The average Bonchev–Trinajstić information content (AvgIpc) is 2.40. The second-order valence-electron chi connectivity index (χ2n) is 5.52. The van der Waals surface area contributed by atoms with Gasteiger partial charge in [0.15, 0.2) is 0 Å². The van der Waals surface area contributed by atoms with Gasteiger partial charge in [-0.05, 0) is 43.5 Å². The van der Waals surface area contributed by atoms with Gasteiger partial charge in [0.1, 0.15) is 5.82 Å². The van der Waals surface area contributed by atoms with E-state index in [1.165, 1.54) is 44.6 Å². The first-order valence-electron chi connectivity index (χ1n) is 7.24. The molecule has 1 aliphatic rings. The van der Waals surface area contributed by atoms with E-state index in [1.807, 2.05) is 6.07 Å². The predicted octanol–water partition coefficient (Wildman–Crippen LogP) is 4.45. The zero-order valence-electron chi connectivity index (χ0n) is 11.3. The van der Waals surface area contributed by atoms with Gasteiger partial charge >= 0.3 is 0 Å². The SMILES string of the molecule is C[C@@H](NCCC1CCCCC1)c1cccc(F)c1. The van der Waals surface area contributed by atoms with Gasteiger partial charge in [-0.1, -0.05) is 44.2 Å². The molecule has 1 aromatic rings. The Balaban J connectivity index is 1.72. The third kappa shape index (κ3) is 4.09. The summed E-state index contributed by atoms with van der Waals surface area (Å²) in [6.07, 6.45) is 8.30. The summed E-state index contributed by atoms with van der Waals surface area (Å²) in [4.78, 5) is 0. The molecule has 2 heteroatoms. The fourth-order valence-corrected chi connectivity index (χ4v) is 2.87. The molecule has 1 N–H and O–H groups in total. The molecule has 0 radical (unpaired) electrons. The summed E-state index contributed by atoms with van der Waals surface area (Å²) in [5.41, 5.74) is 1.04. The van der Waals surface area contributed by atoms with Crippen molar-refractivity contribution in [2.45, 2.75) is 51.5 Å². The van der Waals surface area contributed by atoms with Crippen LogP contribution in [0.2, 0.25) is 0 Å². The van der Waals surface area contributed by atoms with Crippen LogP contribution in [0.1, 0.15) is 57.1 Å². The summed E-state index contributed by atoms with van der Waals surface area (Å²) < 4.78 is 13.1. The summed E-state index contributed by atoms with van der Waals surface area (Å²) in [6, 6.07) is 7.13. The van der Waals surface area contributed by atoms with Gasteiger partial charge in [0, 0.05) is 6.04 Å². The lowest BCUT2D eigenvalue weighted by atomic mass is 9.87. The summed E-state index contributed by atoms with van der Waals surface area (Å²) in [5.74, 6) is 0.763. The molecule has 0 spiro atoms. The van der Waals surface area contributed by atoms with Crippen molar-refractivity contribution in [3.63, 3.8) is 0 Å². The first-order chi connectivity index (χ1) is 8.75. The highest BCUT2D eigenvalue weighted by Crippen LogP contribution is 2.26. The molecule has 0 unspecified atom stereocenters. The first-order valence-corrected chi connectivity index (χ1v) is 7.24. The maximum absolute atomic E-state index is 13.1. The number of hydrogen-bond donors (Lipinski definition) is 1. The molecule has 0 heterocycles. The molecule has 1 atom stereocenters. The molecule has 1 fully saturated rings. The van der Waals surface area contributed by atoms with Crippen LogP contribution in [0, 0.1) is 11.7 Å². The maximum Gasteiger partial charge on any atom is 0.123 e. The van der Waals surface area contributed by atoms with Crippen molar-refractivity contribution in [2.75, 3.05) is 6.54 Å². The van der Waals surface area contributed by atoms with E-state index in [0.29, 0.717) is 0 Å². The monoisotopic (exact) mass is 249 g/mol. The van der Waals surface area contributed by atoms with E-state index in [4.69, 9.17) is 0 Å². The first kappa shape index (κ1) is 13.5. The van der Waals surface area contributed by atoms with Crippen LogP contribution in [0.5, 0.6) is 0 Å². The lowest BCUT2D eigenvalue weighted by Gasteiger charge is -2.22. The number of rotatable bonds is 5. The molecular weight excluding hydrogens is 225 g/mol. The van der Waals surface area contributed by atoms with E-state index in [0.717, 1.165) is 18.0 Å². The van der Waals surface area contributed by atoms with Gasteiger partial charge in [-0.25, -0.2) is 4.39 Å². The molecule has 1 nitrogen and oxygen atoms in total. The molecule has 18 heavy (non-hydrogen) atoms. The van der Waals surface area contributed by atoms with Crippen LogP contribution in [0.4, 0.5) is 4.39 Å². The Bertz CT molecular complexity index is 358. The molecule has 0 aromatic heterocycles. The topological polar surface area (TPSA) is 12.0 Å². The summed E-state index contributed by atoms with van der Waals surface area (Å²) >= 11 is 0. The van der Waals surface area contributed by atoms with Crippen molar-refractivity contribution in [2.24, 2.45) is 5.92 Å². The van der Waals surface area contributed by atoms with Crippen molar-refractivity contribution in [3.05, 3.63) is 35.6 Å². The summed E-state index contributed by atoms with van der Waals surface area (Å²) in [5, 5.41) is 3.51.